The maximum atomic E-state index is 14.7. The second-order valence-electron chi connectivity index (χ2n) is 23.8. The predicted octanol–water partition coefficient (Wildman–Crippen LogP) is 18.1. The molecular formula is C75H60ClF2N9. The molecule has 9 nitrogen and oxygen atoms in total. The van der Waals surface area contributed by atoms with Crippen molar-refractivity contribution in [2.75, 3.05) is 0 Å². The number of halogens is 3. The lowest BCUT2D eigenvalue weighted by Gasteiger charge is -2.59. The van der Waals surface area contributed by atoms with Crippen LogP contribution in [0.4, 0.5) is 8.78 Å². The second kappa shape index (κ2) is 21.3. The number of benzene rings is 7. The molecular weight excluding hydrogens is 1100 g/mol. The molecule has 3 fully saturated rings. The highest BCUT2D eigenvalue weighted by Gasteiger charge is 2.53. The van der Waals surface area contributed by atoms with E-state index >= 15 is 0 Å². The first-order valence-corrected chi connectivity index (χ1v) is 30.6. The van der Waals surface area contributed by atoms with E-state index in [0.717, 1.165) is 148 Å². The molecule has 3 aliphatic carbocycles. The summed E-state index contributed by atoms with van der Waals surface area (Å²) in [5.74, 6) is -0.593. The first-order valence-electron chi connectivity index (χ1n) is 30.2. The minimum absolute atomic E-state index is 0.273. The number of pyridine rings is 3. The number of nitrogens with zero attached hydrogens (tertiary/aromatic N) is 7. The topological polar surface area (TPSA) is 79.2 Å². The molecule has 0 atom stereocenters. The van der Waals surface area contributed by atoms with Crippen molar-refractivity contribution < 1.29 is 8.78 Å². The smallest absolute Gasteiger partial charge is 0.145 e. The fraction of sp³-hybridized carbons (Fsp3) is 0.160. The first-order chi connectivity index (χ1) is 42.7. The summed E-state index contributed by atoms with van der Waals surface area (Å²) in [6.45, 7) is 0. The van der Waals surface area contributed by atoms with Crippen molar-refractivity contribution in [1.82, 2.24) is 44.1 Å². The van der Waals surface area contributed by atoms with E-state index in [9.17, 15) is 8.78 Å². The molecule has 2 N–H and O–H groups in total. The zero-order chi connectivity index (χ0) is 58.3. The Bertz CT molecular complexity index is 4500. The van der Waals surface area contributed by atoms with Crippen LogP contribution in [-0.2, 0) is 16.6 Å². The lowest BCUT2D eigenvalue weighted by Crippen LogP contribution is -2.72. The van der Waals surface area contributed by atoms with E-state index in [-0.39, 0.29) is 22.7 Å². The highest BCUT2D eigenvalue weighted by atomic mass is 35.5. The van der Waals surface area contributed by atoms with Crippen LogP contribution in [0.25, 0.3) is 95.6 Å². The SMILES string of the molecule is Fc1ccc(-c2cccn3c(-c4ccccc4)c(-c4ccc(C5(N(NC6(c7ccc(-c8nc9cc(F)ccn9c8-c8ccccc8)cc7)CCC6)NC6(c7ccc(-c8nc9cc(Cl)ccn9c8-c8ccccc8)cc7)CCC6)CCC5)cc4)nc23)cc1. The summed E-state index contributed by atoms with van der Waals surface area (Å²) in [5.41, 5.74) is 26.9. The third-order valence-electron chi connectivity index (χ3n) is 18.9. The summed E-state index contributed by atoms with van der Waals surface area (Å²) in [7, 11) is 0. The number of aromatic nitrogens is 6. The summed E-state index contributed by atoms with van der Waals surface area (Å²) in [6, 6.07) is 75.9. The summed E-state index contributed by atoms with van der Waals surface area (Å²) in [6.07, 6.45) is 14.8. The van der Waals surface area contributed by atoms with Crippen LogP contribution in [-0.4, -0.2) is 33.3 Å². The van der Waals surface area contributed by atoms with Crippen molar-refractivity contribution in [3.8, 4) is 78.7 Å². The lowest BCUT2D eigenvalue weighted by molar-refractivity contribution is -0.149. The van der Waals surface area contributed by atoms with Gasteiger partial charge in [-0.25, -0.2) is 34.6 Å². The molecule has 6 heterocycles. The van der Waals surface area contributed by atoms with Crippen LogP contribution in [0.5, 0.6) is 0 Å². The monoisotopic (exact) mass is 1160 g/mol. The van der Waals surface area contributed by atoms with Gasteiger partial charge in [-0.2, -0.15) is 5.12 Å². The average molecular weight is 1160 g/mol. The van der Waals surface area contributed by atoms with Gasteiger partial charge in [0, 0.05) is 74.7 Å². The van der Waals surface area contributed by atoms with Crippen LogP contribution in [0.2, 0.25) is 5.02 Å². The average Bonchev–Trinajstić information content (AvgIpc) is 2.10. The van der Waals surface area contributed by atoms with Crippen LogP contribution in [0.3, 0.4) is 0 Å². The van der Waals surface area contributed by atoms with Crippen LogP contribution in [0, 0.1) is 11.6 Å². The normalized spacial score (nSPS) is 15.8. The van der Waals surface area contributed by atoms with Gasteiger partial charge in [0.25, 0.3) is 0 Å². The molecule has 13 aromatic rings. The molecule has 16 rings (SSSR count). The van der Waals surface area contributed by atoms with Crippen LogP contribution < -0.4 is 10.9 Å². The molecule has 6 aromatic heterocycles. The number of hydrogen-bond acceptors (Lipinski definition) is 6. The molecule has 426 valence electrons. The van der Waals surface area contributed by atoms with E-state index in [2.05, 4.69) is 170 Å². The Kier molecular flexibility index (Phi) is 13.0. The van der Waals surface area contributed by atoms with Gasteiger partial charge in [0.2, 0.25) is 0 Å². The zero-order valence-electron chi connectivity index (χ0n) is 47.7. The van der Waals surface area contributed by atoms with Crippen molar-refractivity contribution >= 4 is 28.5 Å². The van der Waals surface area contributed by atoms with Gasteiger partial charge in [0.05, 0.1) is 50.8 Å². The van der Waals surface area contributed by atoms with Gasteiger partial charge in [-0.1, -0.05) is 188 Å². The van der Waals surface area contributed by atoms with E-state index < -0.39 is 5.54 Å². The minimum atomic E-state index is -0.417. The van der Waals surface area contributed by atoms with E-state index in [0.29, 0.717) is 10.7 Å². The van der Waals surface area contributed by atoms with Gasteiger partial charge in [-0.15, -0.1) is 0 Å². The van der Waals surface area contributed by atoms with E-state index in [1.807, 2.05) is 71.3 Å². The quantitative estimate of drug-likeness (QED) is 0.0996. The largest absolute Gasteiger partial charge is 0.299 e. The van der Waals surface area contributed by atoms with Crippen LogP contribution in [0.1, 0.15) is 74.5 Å². The Morgan fingerprint density at radius 3 is 1.29 bits per heavy atom. The van der Waals surface area contributed by atoms with Crippen molar-refractivity contribution in [2.45, 2.75) is 74.4 Å². The molecule has 0 radical (unpaired) electrons. The van der Waals surface area contributed by atoms with Gasteiger partial charge in [0.1, 0.15) is 28.6 Å². The number of rotatable bonds is 15. The highest BCUT2D eigenvalue weighted by molar-refractivity contribution is 6.30. The molecule has 0 amide bonds. The van der Waals surface area contributed by atoms with Gasteiger partial charge in [0.15, 0.2) is 0 Å². The predicted molar refractivity (Wildman–Crippen MR) is 343 cm³/mol. The molecule has 7 aromatic carbocycles. The zero-order valence-corrected chi connectivity index (χ0v) is 48.5. The van der Waals surface area contributed by atoms with Crippen molar-refractivity contribution in [2.24, 2.45) is 0 Å². The molecule has 0 bridgehead atoms. The molecule has 0 spiro atoms. The van der Waals surface area contributed by atoms with Crippen molar-refractivity contribution in [1.29, 1.82) is 0 Å². The van der Waals surface area contributed by atoms with Gasteiger partial charge in [-0.05, 0) is 116 Å². The van der Waals surface area contributed by atoms with E-state index in [4.69, 9.17) is 26.6 Å². The number of imidazole rings is 3. The summed E-state index contributed by atoms with van der Waals surface area (Å²) >= 11 is 6.56. The number of nitrogens with one attached hydrogen (secondary N) is 2. The fourth-order valence-electron chi connectivity index (χ4n) is 13.8. The summed E-state index contributed by atoms with van der Waals surface area (Å²) in [4.78, 5) is 15.7. The van der Waals surface area contributed by atoms with E-state index in [1.165, 1.54) is 41.0 Å². The minimum Gasteiger partial charge on any atom is -0.299 e. The molecule has 0 saturated heterocycles. The molecule has 87 heavy (non-hydrogen) atoms. The van der Waals surface area contributed by atoms with Crippen LogP contribution in [0.15, 0.2) is 243 Å². The number of fused-ring (bicyclic) bond motifs is 3. The second-order valence-corrected chi connectivity index (χ2v) is 24.3. The number of hydrazine groups is 2. The lowest BCUT2D eigenvalue weighted by atomic mass is 9.69. The number of hydrogen-bond donors (Lipinski definition) is 2. The third-order valence-corrected chi connectivity index (χ3v) is 19.2. The van der Waals surface area contributed by atoms with Gasteiger partial charge < -0.3 is 0 Å². The molecule has 3 saturated carbocycles. The maximum absolute atomic E-state index is 14.7. The van der Waals surface area contributed by atoms with Gasteiger partial charge in [-0.3, -0.25) is 13.2 Å². The summed E-state index contributed by atoms with van der Waals surface area (Å²) in [5, 5.41) is 3.11. The fourth-order valence-corrected chi connectivity index (χ4v) is 14.0. The molecule has 0 unspecified atom stereocenters. The Morgan fingerprint density at radius 1 is 0.379 bits per heavy atom. The van der Waals surface area contributed by atoms with Crippen molar-refractivity contribution in [3.63, 3.8) is 0 Å². The third kappa shape index (κ3) is 9.10. The van der Waals surface area contributed by atoms with Crippen LogP contribution >= 0.6 is 11.6 Å². The Balaban J connectivity index is 0.788. The standard InChI is InChI=1S/C75H60ClF2N9/c76-60-37-46-84-64(48-60)79-66(69(84)54-14-4-1-5-15-54)51-21-29-57(30-22-51)73(39-11-40-73)82-87(83-74(41-12-42-74)58-31-23-52(24-32-58)67-70(55-16-6-2-7-17-55)85-47-38-62(78)49-65(85)80-67)75(43-13-44-75)59-33-25-53(26-34-59)68-71(56-18-8-3-9-19-56)86-45-10-20-63(72(86)81-68)50-27-35-61(77)36-28-50/h1-10,14-38,45-49,82-83H,11-13,39-44H2. The Labute approximate surface area is 508 Å². The maximum Gasteiger partial charge on any atom is 0.145 e. The molecule has 0 aliphatic heterocycles. The first kappa shape index (κ1) is 53.1. The van der Waals surface area contributed by atoms with Gasteiger partial charge >= 0.3 is 0 Å². The molecule has 12 heteroatoms. The van der Waals surface area contributed by atoms with E-state index in [1.54, 1.807) is 6.20 Å². The summed E-state index contributed by atoms with van der Waals surface area (Å²) < 4.78 is 35.3. The Hall–Kier alpha value is -9.36. The van der Waals surface area contributed by atoms with Crippen molar-refractivity contribution in [3.05, 3.63) is 276 Å². The highest BCUT2D eigenvalue weighted by Crippen LogP contribution is 2.52. The Morgan fingerprint density at radius 2 is 0.816 bits per heavy atom. The molecule has 3 aliphatic rings.